The van der Waals surface area contributed by atoms with Gasteiger partial charge >= 0.3 is 6.09 Å². The molecule has 1 fully saturated rings. The van der Waals surface area contributed by atoms with E-state index in [4.69, 9.17) is 19.9 Å². The highest BCUT2D eigenvalue weighted by atomic mass is 16.6. The molecule has 5 N–H and O–H groups in total. The molecular weight excluding hydrogens is 558 g/mol. The molecule has 0 aromatic rings. The molecule has 2 amide bonds. The first-order valence-electron chi connectivity index (χ1n) is 14.4. The molecule has 0 spiro atoms. The van der Waals surface area contributed by atoms with Crippen LogP contribution in [0.3, 0.4) is 0 Å². The molecule has 1 saturated heterocycles. The molecule has 2 heterocycles. The van der Waals surface area contributed by atoms with Crippen molar-refractivity contribution in [1.29, 1.82) is 0 Å². The van der Waals surface area contributed by atoms with Crippen LogP contribution in [0.4, 0.5) is 4.79 Å². The maximum atomic E-state index is 13.7. The number of ketones is 2. The van der Waals surface area contributed by atoms with E-state index >= 15 is 0 Å². The minimum Gasteiger partial charge on any atom is -0.439 e. The van der Waals surface area contributed by atoms with Crippen LogP contribution < -0.4 is 11.1 Å². The van der Waals surface area contributed by atoms with Gasteiger partial charge in [-0.25, -0.2) is 4.79 Å². The number of rotatable bonds is 5. The molecule has 0 unspecified atom stereocenters. The summed E-state index contributed by atoms with van der Waals surface area (Å²) in [4.78, 5) is 53.6. The van der Waals surface area contributed by atoms with Gasteiger partial charge in [-0.1, -0.05) is 38.2 Å². The van der Waals surface area contributed by atoms with Crippen molar-refractivity contribution in [2.75, 3.05) is 33.9 Å². The second-order valence-corrected chi connectivity index (χ2v) is 11.2. The lowest BCUT2D eigenvalue weighted by atomic mass is 9.84. The van der Waals surface area contributed by atoms with Gasteiger partial charge in [0.25, 0.3) is 5.91 Å². The van der Waals surface area contributed by atoms with E-state index in [0.717, 1.165) is 6.42 Å². The van der Waals surface area contributed by atoms with Crippen molar-refractivity contribution < 1.29 is 43.6 Å². The van der Waals surface area contributed by atoms with Crippen LogP contribution >= 0.6 is 0 Å². The highest BCUT2D eigenvalue weighted by Crippen LogP contribution is 2.32. The number of nitrogens with one attached hydrogen (secondary N) is 1. The van der Waals surface area contributed by atoms with Crippen LogP contribution in [0.25, 0.3) is 0 Å². The number of methoxy groups -OCH3 is 2. The number of nitrogens with two attached hydrogens (primary N) is 1. The van der Waals surface area contributed by atoms with Crippen LogP contribution in [0.2, 0.25) is 0 Å². The fraction of sp³-hybridized carbons (Fsp3) is 0.548. The number of aliphatic hydroxyl groups is 2. The summed E-state index contributed by atoms with van der Waals surface area (Å²) >= 11 is 0. The number of nitrogens with zero attached hydrogens (tertiary/aromatic N) is 1. The van der Waals surface area contributed by atoms with E-state index < -0.39 is 54.7 Å². The normalized spacial score (nSPS) is 33.0. The number of amides is 2. The molecule has 0 radical (unpaired) electrons. The van der Waals surface area contributed by atoms with Crippen LogP contribution in [0.1, 0.15) is 40.0 Å². The summed E-state index contributed by atoms with van der Waals surface area (Å²) in [5.74, 6) is -2.13. The zero-order chi connectivity index (χ0) is 31.8. The lowest BCUT2D eigenvalue weighted by Gasteiger charge is -2.37. The maximum absolute atomic E-state index is 13.7. The molecule has 12 heteroatoms. The van der Waals surface area contributed by atoms with Gasteiger partial charge in [-0.05, 0) is 37.7 Å². The zero-order valence-corrected chi connectivity index (χ0v) is 25.4. The number of carbonyl (C=O) groups is 4. The summed E-state index contributed by atoms with van der Waals surface area (Å²) in [5, 5.41) is 24.1. The number of aliphatic hydroxyl groups excluding tert-OH is 2. The fourth-order valence-electron chi connectivity index (χ4n) is 5.46. The molecule has 236 valence electrons. The van der Waals surface area contributed by atoms with Crippen molar-refractivity contribution in [3.05, 3.63) is 58.5 Å². The molecule has 3 aliphatic rings. The molecule has 0 saturated carbocycles. The van der Waals surface area contributed by atoms with Gasteiger partial charge in [-0.15, -0.1) is 0 Å². The van der Waals surface area contributed by atoms with Gasteiger partial charge in [-0.3, -0.25) is 14.4 Å². The summed E-state index contributed by atoms with van der Waals surface area (Å²) < 4.78 is 16.5. The lowest BCUT2D eigenvalue weighted by Crippen LogP contribution is -2.43. The van der Waals surface area contributed by atoms with Crippen molar-refractivity contribution in [3.8, 4) is 0 Å². The summed E-state index contributed by atoms with van der Waals surface area (Å²) in [5.41, 5.74) is 6.37. The van der Waals surface area contributed by atoms with Gasteiger partial charge in [0.1, 0.15) is 6.10 Å². The Balaban J connectivity index is 2.09. The topological polar surface area (TPSA) is 178 Å². The van der Waals surface area contributed by atoms with E-state index in [1.54, 1.807) is 13.0 Å². The predicted octanol–water partition coefficient (Wildman–Crippen LogP) is 1.44. The lowest BCUT2D eigenvalue weighted by molar-refractivity contribution is -0.120. The summed E-state index contributed by atoms with van der Waals surface area (Å²) in [7, 11) is 2.84. The highest BCUT2D eigenvalue weighted by Gasteiger charge is 2.36. The largest absolute Gasteiger partial charge is 0.439 e. The Bertz CT molecular complexity index is 1240. The molecule has 43 heavy (non-hydrogen) atoms. The van der Waals surface area contributed by atoms with Crippen LogP contribution in [0.5, 0.6) is 0 Å². The average molecular weight is 602 g/mol. The maximum Gasteiger partial charge on any atom is 0.405 e. The van der Waals surface area contributed by atoms with Gasteiger partial charge in [0.2, 0.25) is 11.6 Å². The third-order valence-electron chi connectivity index (χ3n) is 7.99. The number of likely N-dealkylation sites (tertiary alicyclic amines) is 1. The summed E-state index contributed by atoms with van der Waals surface area (Å²) in [6.45, 7) is 5.97. The molecule has 0 aromatic carbocycles. The minimum absolute atomic E-state index is 0.102. The molecule has 3 rings (SSSR count). The number of allylic oxidation sites excluding steroid dienone is 4. The number of carbonyl (C=O) groups excluding carboxylic acids is 4. The smallest absolute Gasteiger partial charge is 0.405 e. The Kier molecular flexibility index (Phi) is 12.0. The molecule has 0 aromatic heterocycles. The monoisotopic (exact) mass is 601 g/mol. The van der Waals surface area contributed by atoms with Crippen molar-refractivity contribution in [2.45, 2.75) is 64.4 Å². The van der Waals surface area contributed by atoms with Crippen molar-refractivity contribution >= 4 is 23.6 Å². The average Bonchev–Trinajstić information content (AvgIpc) is 2.93. The highest BCUT2D eigenvalue weighted by molar-refractivity contribution is 6.23. The van der Waals surface area contributed by atoms with E-state index in [1.807, 2.05) is 11.8 Å². The first-order valence-corrected chi connectivity index (χ1v) is 14.4. The van der Waals surface area contributed by atoms with Gasteiger partial charge in [-0.2, -0.15) is 0 Å². The van der Waals surface area contributed by atoms with E-state index in [1.165, 1.54) is 45.4 Å². The Morgan fingerprint density at radius 1 is 1.16 bits per heavy atom. The Morgan fingerprint density at radius 2 is 1.86 bits per heavy atom. The second-order valence-electron chi connectivity index (χ2n) is 11.2. The van der Waals surface area contributed by atoms with Crippen LogP contribution in [-0.4, -0.2) is 97.0 Å². The predicted molar refractivity (Wildman–Crippen MR) is 157 cm³/mol. The third-order valence-corrected chi connectivity index (χ3v) is 7.99. The zero-order valence-electron chi connectivity index (χ0n) is 25.4. The van der Waals surface area contributed by atoms with Crippen LogP contribution in [-0.2, 0) is 28.6 Å². The molecule has 2 bridgehead atoms. The first kappa shape index (κ1) is 33.9. The standard InChI is InChI=1S/C31H43N3O9/c1-17-12-21-26(34-10-7-11-34)23(36)15-22(28(21)38)33-30(39)18(2)8-6-9-24(41-4)29(43-31(32)40)20(16-35)14-19(3)27(37)25(13-17)42-5/h6,8-9,14-15,17,19,24-25,27,29,35,37H,7,10-13,16H2,1-5H3,(H2,32,40)(H,33,39)/b9-6-,18-8+,20-14+/t17-,19+,24+,25+,27-,29+/m1/s1. The number of fused-ring (bicyclic) bond motifs is 2. The third kappa shape index (κ3) is 8.29. The van der Waals surface area contributed by atoms with Crippen molar-refractivity contribution in [1.82, 2.24) is 10.2 Å². The molecular formula is C31H43N3O9. The number of primary amides is 1. The first-order chi connectivity index (χ1) is 20.4. The molecule has 12 nitrogen and oxygen atoms in total. The second kappa shape index (κ2) is 15.2. The van der Waals surface area contributed by atoms with Gasteiger partial charge < -0.3 is 40.4 Å². The number of ether oxygens (including phenoxy) is 3. The molecule has 2 aliphatic heterocycles. The van der Waals surface area contributed by atoms with E-state index in [0.29, 0.717) is 30.8 Å². The quantitative estimate of drug-likeness (QED) is 0.266. The Morgan fingerprint density at radius 3 is 2.42 bits per heavy atom. The van der Waals surface area contributed by atoms with Crippen molar-refractivity contribution in [2.24, 2.45) is 17.6 Å². The number of hydrogen-bond donors (Lipinski definition) is 4. The minimum atomic E-state index is -1.14. The van der Waals surface area contributed by atoms with E-state index in [2.05, 4.69) is 5.32 Å². The van der Waals surface area contributed by atoms with Gasteiger partial charge in [0.15, 0.2) is 6.10 Å². The fourth-order valence-corrected chi connectivity index (χ4v) is 5.46. The van der Waals surface area contributed by atoms with Crippen LogP contribution in [0, 0.1) is 11.8 Å². The number of Topliss-reactive ketones (excluding diaryl/α,β-unsaturated/α-hetero) is 1. The van der Waals surface area contributed by atoms with E-state index in [9.17, 15) is 29.4 Å². The molecule has 6 atom stereocenters. The van der Waals surface area contributed by atoms with Crippen molar-refractivity contribution in [3.63, 3.8) is 0 Å². The van der Waals surface area contributed by atoms with Crippen LogP contribution in [0.15, 0.2) is 58.5 Å². The number of hydrogen-bond acceptors (Lipinski definition) is 10. The SMILES string of the molecule is CO[C@H]1/C=C\C=C(/C)C(=O)NC2=CC(=O)C(N3CCC3)=C(C[C@@H](C)C[C@H](OC)[C@H](O)[C@@H](C)/C=C(\CO)[C@@H]1OC(N)=O)C2=O. The summed E-state index contributed by atoms with van der Waals surface area (Å²) in [6.07, 6.45) is 3.83. The Hall–Kier alpha value is -3.58. The van der Waals surface area contributed by atoms with Gasteiger partial charge in [0, 0.05) is 50.4 Å². The Labute approximate surface area is 251 Å². The molecule has 1 aliphatic carbocycles. The van der Waals surface area contributed by atoms with E-state index in [-0.39, 0.29) is 35.0 Å². The summed E-state index contributed by atoms with van der Waals surface area (Å²) in [6, 6.07) is 0. The van der Waals surface area contributed by atoms with Gasteiger partial charge in [0.05, 0.1) is 30.2 Å².